The SMILES string of the molecule is CC(C)(C)c1nccc2ccccc12.[CH3-].[Y]. The van der Waals surface area contributed by atoms with Crippen molar-refractivity contribution in [2.24, 2.45) is 0 Å². The van der Waals surface area contributed by atoms with Gasteiger partial charge in [0.15, 0.2) is 0 Å². The van der Waals surface area contributed by atoms with Crippen LogP contribution in [0.4, 0.5) is 0 Å². The summed E-state index contributed by atoms with van der Waals surface area (Å²) in [6.07, 6.45) is 1.89. The van der Waals surface area contributed by atoms with Gasteiger partial charge in [-0.25, -0.2) is 0 Å². The summed E-state index contributed by atoms with van der Waals surface area (Å²) < 4.78 is 0. The average Bonchev–Trinajstić information content (AvgIpc) is 2.15. The Morgan fingerprint density at radius 3 is 2.25 bits per heavy atom. The third-order valence-electron chi connectivity index (χ3n) is 2.38. The van der Waals surface area contributed by atoms with Crippen molar-refractivity contribution in [2.45, 2.75) is 26.2 Å². The van der Waals surface area contributed by atoms with Gasteiger partial charge in [-0.3, -0.25) is 4.98 Å². The van der Waals surface area contributed by atoms with E-state index in [-0.39, 0.29) is 45.6 Å². The summed E-state index contributed by atoms with van der Waals surface area (Å²) in [6, 6.07) is 10.5. The monoisotopic (exact) mass is 289 g/mol. The zero-order chi connectivity index (χ0) is 10.2. The Balaban J connectivity index is 0.00000112. The molecule has 2 aromatic rings. The maximum atomic E-state index is 4.48. The molecular formula is C14H18NY-. The second-order valence-electron chi connectivity index (χ2n) is 4.63. The standard InChI is InChI=1S/C13H15N.CH3.Y/c1-13(2,3)12-11-7-5-4-6-10(11)8-9-14-12;;/h4-9H,1-3H3;1H3;/q;-1;. The van der Waals surface area contributed by atoms with Crippen LogP contribution in [0.2, 0.25) is 0 Å². The van der Waals surface area contributed by atoms with Gasteiger partial charge < -0.3 is 7.43 Å². The molecule has 0 saturated carbocycles. The molecular weight excluding hydrogens is 271 g/mol. The normalized spacial score (nSPS) is 10.4. The molecule has 1 aromatic heterocycles. The van der Waals surface area contributed by atoms with Gasteiger partial charge in [-0.15, -0.1) is 0 Å². The van der Waals surface area contributed by atoms with E-state index in [9.17, 15) is 0 Å². The number of nitrogens with zero attached hydrogens (tertiary/aromatic N) is 1. The molecule has 2 heteroatoms. The van der Waals surface area contributed by atoms with Crippen LogP contribution in [0.5, 0.6) is 0 Å². The van der Waals surface area contributed by atoms with E-state index in [1.54, 1.807) is 0 Å². The quantitative estimate of drug-likeness (QED) is 0.668. The molecule has 1 radical (unpaired) electrons. The molecule has 16 heavy (non-hydrogen) atoms. The molecule has 0 amide bonds. The van der Waals surface area contributed by atoms with E-state index in [0.29, 0.717) is 0 Å². The maximum Gasteiger partial charge on any atom is 0.0535 e. The molecule has 0 saturated heterocycles. The largest absolute Gasteiger partial charge is 0.358 e. The first-order valence-corrected chi connectivity index (χ1v) is 4.93. The second kappa shape index (κ2) is 5.88. The summed E-state index contributed by atoms with van der Waals surface area (Å²) in [5, 5.41) is 2.54. The zero-order valence-corrected chi connectivity index (χ0v) is 13.3. The van der Waals surface area contributed by atoms with Gasteiger partial charge in [0.05, 0.1) is 5.69 Å². The molecule has 1 aromatic carbocycles. The number of benzene rings is 1. The predicted octanol–water partition coefficient (Wildman–Crippen LogP) is 3.98. The topological polar surface area (TPSA) is 12.9 Å². The van der Waals surface area contributed by atoms with Crippen LogP contribution in [0.1, 0.15) is 26.5 Å². The molecule has 1 heterocycles. The van der Waals surface area contributed by atoms with Crippen LogP contribution in [-0.2, 0) is 38.1 Å². The molecule has 83 valence electrons. The van der Waals surface area contributed by atoms with Crippen molar-refractivity contribution in [2.75, 3.05) is 0 Å². The van der Waals surface area contributed by atoms with Gasteiger partial charge in [0.25, 0.3) is 0 Å². The molecule has 0 fully saturated rings. The van der Waals surface area contributed by atoms with Crippen LogP contribution < -0.4 is 0 Å². The van der Waals surface area contributed by atoms with Gasteiger partial charge in [-0.05, 0) is 11.5 Å². The second-order valence-corrected chi connectivity index (χ2v) is 4.63. The van der Waals surface area contributed by atoms with E-state index in [0.717, 1.165) is 0 Å². The Morgan fingerprint density at radius 2 is 1.62 bits per heavy atom. The van der Waals surface area contributed by atoms with E-state index in [1.807, 2.05) is 6.20 Å². The Kier molecular flexibility index (Phi) is 5.79. The summed E-state index contributed by atoms with van der Waals surface area (Å²) in [5.41, 5.74) is 1.29. The smallest absolute Gasteiger partial charge is 0.0535 e. The number of aromatic nitrogens is 1. The Bertz CT molecular complexity index is 452. The van der Waals surface area contributed by atoms with Gasteiger partial charge in [0, 0.05) is 49.7 Å². The van der Waals surface area contributed by atoms with E-state index >= 15 is 0 Å². The van der Waals surface area contributed by atoms with E-state index in [1.165, 1.54) is 16.5 Å². The van der Waals surface area contributed by atoms with Gasteiger partial charge in [0.1, 0.15) is 0 Å². The Morgan fingerprint density at radius 1 is 1.00 bits per heavy atom. The van der Waals surface area contributed by atoms with Crippen LogP contribution in [-0.4, -0.2) is 4.98 Å². The summed E-state index contributed by atoms with van der Waals surface area (Å²) in [4.78, 5) is 4.48. The third-order valence-corrected chi connectivity index (χ3v) is 2.38. The van der Waals surface area contributed by atoms with E-state index < -0.39 is 0 Å². The average molecular weight is 289 g/mol. The molecule has 2 rings (SSSR count). The summed E-state index contributed by atoms with van der Waals surface area (Å²) >= 11 is 0. The maximum absolute atomic E-state index is 4.48. The first-order chi connectivity index (χ1) is 6.59. The molecule has 0 spiro atoms. The summed E-state index contributed by atoms with van der Waals surface area (Å²) in [7, 11) is 0. The number of fused-ring (bicyclic) bond motifs is 1. The van der Waals surface area contributed by atoms with Crippen molar-refractivity contribution < 1.29 is 32.7 Å². The summed E-state index contributed by atoms with van der Waals surface area (Å²) in [5.74, 6) is 0. The van der Waals surface area contributed by atoms with Crippen molar-refractivity contribution in [1.29, 1.82) is 0 Å². The van der Waals surface area contributed by atoms with Crippen molar-refractivity contribution >= 4 is 10.8 Å². The minimum absolute atomic E-state index is 0. The van der Waals surface area contributed by atoms with Crippen LogP contribution in [0, 0.1) is 7.43 Å². The van der Waals surface area contributed by atoms with Gasteiger partial charge in [0.2, 0.25) is 0 Å². The molecule has 0 bridgehead atoms. The molecule has 0 atom stereocenters. The molecule has 1 nitrogen and oxygen atoms in total. The minimum atomic E-state index is 0. The van der Waals surface area contributed by atoms with E-state index in [4.69, 9.17) is 0 Å². The van der Waals surface area contributed by atoms with Gasteiger partial charge in [-0.1, -0.05) is 45.0 Å². The Labute approximate surface area is 124 Å². The molecule has 0 aliphatic heterocycles. The zero-order valence-electron chi connectivity index (χ0n) is 10.5. The van der Waals surface area contributed by atoms with Gasteiger partial charge >= 0.3 is 0 Å². The fourth-order valence-corrected chi connectivity index (χ4v) is 1.72. The summed E-state index contributed by atoms with van der Waals surface area (Å²) in [6.45, 7) is 6.59. The minimum Gasteiger partial charge on any atom is -0.358 e. The number of pyridine rings is 1. The van der Waals surface area contributed by atoms with Crippen LogP contribution in [0.15, 0.2) is 36.5 Å². The number of rotatable bonds is 0. The molecule has 0 unspecified atom stereocenters. The van der Waals surface area contributed by atoms with Crippen molar-refractivity contribution in [3.8, 4) is 0 Å². The van der Waals surface area contributed by atoms with Crippen molar-refractivity contribution in [1.82, 2.24) is 4.98 Å². The fraction of sp³-hybridized carbons (Fsp3) is 0.286. The van der Waals surface area contributed by atoms with Crippen molar-refractivity contribution in [3.05, 3.63) is 49.6 Å². The van der Waals surface area contributed by atoms with Gasteiger partial charge in [-0.2, -0.15) is 0 Å². The molecule has 0 aliphatic carbocycles. The van der Waals surface area contributed by atoms with E-state index in [2.05, 4.69) is 56.1 Å². The first kappa shape index (κ1) is 15.7. The van der Waals surface area contributed by atoms with Crippen LogP contribution >= 0.6 is 0 Å². The van der Waals surface area contributed by atoms with Crippen LogP contribution in [0.3, 0.4) is 0 Å². The van der Waals surface area contributed by atoms with Crippen LogP contribution in [0.25, 0.3) is 10.8 Å². The number of hydrogen-bond donors (Lipinski definition) is 0. The predicted molar refractivity (Wildman–Crippen MR) is 66.9 cm³/mol. The molecule has 0 aliphatic rings. The number of hydrogen-bond acceptors (Lipinski definition) is 1. The first-order valence-electron chi connectivity index (χ1n) is 4.93. The fourth-order valence-electron chi connectivity index (χ4n) is 1.72. The molecule has 0 N–H and O–H groups in total. The third kappa shape index (κ3) is 3.12. The Hall–Kier alpha value is -0.266. The van der Waals surface area contributed by atoms with Crippen molar-refractivity contribution in [3.63, 3.8) is 0 Å².